The Bertz CT molecular complexity index is 664. The highest BCUT2D eigenvalue weighted by Crippen LogP contribution is 2.29. The van der Waals surface area contributed by atoms with Gasteiger partial charge in [0.15, 0.2) is 0 Å². The fourth-order valence-corrected chi connectivity index (χ4v) is 1.92. The van der Waals surface area contributed by atoms with Crippen LogP contribution in [0, 0.1) is 11.8 Å². The van der Waals surface area contributed by atoms with E-state index in [2.05, 4.69) is 27.8 Å². The molecule has 108 valence electrons. The van der Waals surface area contributed by atoms with Gasteiger partial charge in [-0.2, -0.15) is 0 Å². The number of hydrogen-bond acceptors (Lipinski definition) is 2. The molecule has 1 unspecified atom stereocenters. The molecule has 0 fully saturated rings. The molecular weight excluding hydrogens is 328 g/mol. The largest absolute Gasteiger partial charge is 0.456 e. The molecule has 0 amide bonds. The van der Waals surface area contributed by atoms with Gasteiger partial charge in [0, 0.05) is 5.56 Å². The second kappa shape index (κ2) is 6.80. The molecule has 0 aliphatic carbocycles. The van der Waals surface area contributed by atoms with Gasteiger partial charge in [-0.3, -0.25) is 0 Å². The predicted octanol–water partition coefficient (Wildman–Crippen LogP) is 4.75. The fourth-order valence-electron chi connectivity index (χ4n) is 1.56. The average Bonchev–Trinajstić information content (AvgIpc) is 2.49. The zero-order valence-electron chi connectivity index (χ0n) is 12.1. The molecule has 0 aromatic heterocycles. The Morgan fingerprint density at radius 2 is 1.81 bits per heavy atom. The van der Waals surface area contributed by atoms with E-state index in [9.17, 15) is 5.11 Å². The van der Waals surface area contributed by atoms with Crippen molar-refractivity contribution in [2.75, 3.05) is 0 Å². The van der Waals surface area contributed by atoms with Crippen LogP contribution in [0.15, 0.2) is 53.0 Å². The van der Waals surface area contributed by atoms with Crippen LogP contribution in [-0.2, 0) is 0 Å². The minimum atomic E-state index is -0.940. The molecule has 0 bridgehead atoms. The summed E-state index contributed by atoms with van der Waals surface area (Å²) in [5.74, 6) is 7.35. The minimum absolute atomic E-state index is 0.600. The summed E-state index contributed by atoms with van der Waals surface area (Å²) in [5, 5.41) is 9.86. The minimum Gasteiger partial charge on any atom is -0.456 e. The van der Waals surface area contributed by atoms with E-state index in [-0.39, 0.29) is 0 Å². The summed E-state index contributed by atoms with van der Waals surface area (Å²) in [6.45, 7) is 3.62. The average molecular weight is 345 g/mol. The van der Waals surface area contributed by atoms with Crippen molar-refractivity contribution in [2.24, 2.45) is 0 Å². The van der Waals surface area contributed by atoms with E-state index in [1.54, 1.807) is 6.92 Å². The van der Waals surface area contributed by atoms with Crippen LogP contribution in [0.1, 0.15) is 25.8 Å². The number of halogens is 1. The van der Waals surface area contributed by atoms with E-state index in [1.165, 1.54) is 0 Å². The van der Waals surface area contributed by atoms with E-state index in [0.29, 0.717) is 6.42 Å². The van der Waals surface area contributed by atoms with Crippen molar-refractivity contribution < 1.29 is 9.84 Å². The van der Waals surface area contributed by atoms with Gasteiger partial charge >= 0.3 is 0 Å². The monoisotopic (exact) mass is 344 g/mol. The van der Waals surface area contributed by atoms with E-state index >= 15 is 0 Å². The Kier molecular flexibility index (Phi) is 5.06. The lowest BCUT2D eigenvalue weighted by Crippen LogP contribution is -2.19. The summed E-state index contributed by atoms with van der Waals surface area (Å²) < 4.78 is 6.70. The summed E-state index contributed by atoms with van der Waals surface area (Å²) in [6.07, 6.45) is 0.600. The van der Waals surface area contributed by atoms with Gasteiger partial charge in [-0.05, 0) is 65.7 Å². The van der Waals surface area contributed by atoms with Crippen molar-refractivity contribution in [3.8, 4) is 23.3 Å². The van der Waals surface area contributed by atoms with Crippen molar-refractivity contribution in [1.29, 1.82) is 0 Å². The van der Waals surface area contributed by atoms with Crippen molar-refractivity contribution >= 4 is 15.9 Å². The summed E-state index contributed by atoms with van der Waals surface area (Å²) in [7, 11) is 0. The van der Waals surface area contributed by atoms with Gasteiger partial charge in [-0.15, -0.1) is 0 Å². The molecule has 2 aromatic carbocycles. The van der Waals surface area contributed by atoms with E-state index in [4.69, 9.17) is 4.74 Å². The van der Waals surface area contributed by atoms with Gasteiger partial charge in [0.2, 0.25) is 0 Å². The van der Waals surface area contributed by atoms with Crippen LogP contribution in [0.2, 0.25) is 0 Å². The highest BCUT2D eigenvalue weighted by molar-refractivity contribution is 9.10. The van der Waals surface area contributed by atoms with E-state index in [1.807, 2.05) is 55.5 Å². The molecule has 3 heteroatoms. The molecule has 21 heavy (non-hydrogen) atoms. The maximum Gasteiger partial charge on any atom is 0.141 e. The second-order valence-corrected chi connectivity index (χ2v) is 5.79. The third-order valence-corrected chi connectivity index (χ3v) is 3.74. The number of benzene rings is 2. The van der Waals surface area contributed by atoms with Gasteiger partial charge in [-0.25, -0.2) is 0 Å². The third kappa shape index (κ3) is 4.63. The van der Waals surface area contributed by atoms with Gasteiger partial charge in [-0.1, -0.05) is 30.9 Å². The summed E-state index contributed by atoms with van der Waals surface area (Å²) in [5.41, 5.74) is -0.0902. The third-order valence-electron chi connectivity index (χ3n) is 3.08. The van der Waals surface area contributed by atoms with Crippen LogP contribution >= 0.6 is 15.9 Å². The van der Waals surface area contributed by atoms with Crippen molar-refractivity contribution in [1.82, 2.24) is 0 Å². The first-order valence-corrected chi connectivity index (χ1v) is 7.57. The molecule has 0 aliphatic rings. The molecule has 1 N–H and O–H groups in total. The molecule has 0 heterocycles. The molecule has 1 atom stereocenters. The number of aliphatic hydroxyl groups is 1. The second-order valence-electron chi connectivity index (χ2n) is 4.93. The smallest absolute Gasteiger partial charge is 0.141 e. The summed E-state index contributed by atoms with van der Waals surface area (Å²) in [6, 6.07) is 15.2. The predicted molar refractivity (Wildman–Crippen MR) is 88.5 cm³/mol. The van der Waals surface area contributed by atoms with Gasteiger partial charge < -0.3 is 9.84 Å². The highest BCUT2D eigenvalue weighted by atomic mass is 79.9. The Hall–Kier alpha value is -1.76. The van der Waals surface area contributed by atoms with E-state index < -0.39 is 5.60 Å². The molecule has 0 radical (unpaired) electrons. The molecule has 0 aliphatic heterocycles. The molecule has 2 nitrogen and oxygen atoms in total. The SMILES string of the molecule is CCC(C)(O)C#Cc1ccc(Oc2ccccc2Br)cc1. The van der Waals surface area contributed by atoms with Gasteiger partial charge in [0.05, 0.1) is 4.47 Å². The van der Waals surface area contributed by atoms with Gasteiger partial charge in [0.25, 0.3) is 0 Å². The molecule has 0 spiro atoms. The van der Waals surface area contributed by atoms with Crippen molar-refractivity contribution in [3.05, 3.63) is 58.6 Å². The Morgan fingerprint density at radius 1 is 1.14 bits per heavy atom. The van der Waals surface area contributed by atoms with Crippen LogP contribution in [0.5, 0.6) is 11.5 Å². The lowest BCUT2D eigenvalue weighted by atomic mass is 10.0. The van der Waals surface area contributed by atoms with E-state index in [0.717, 1.165) is 21.5 Å². The zero-order valence-corrected chi connectivity index (χ0v) is 13.6. The molecular formula is C18H17BrO2. The van der Waals surface area contributed by atoms with Crippen LogP contribution in [0.25, 0.3) is 0 Å². The number of rotatable bonds is 3. The van der Waals surface area contributed by atoms with Gasteiger partial charge in [0.1, 0.15) is 17.1 Å². The Labute approximate surface area is 133 Å². The standard InChI is InChI=1S/C18H17BrO2/c1-3-18(2,20)13-12-14-8-10-15(11-9-14)21-17-7-5-4-6-16(17)19/h4-11,20H,3H2,1-2H3. The Balaban J connectivity index is 2.11. The van der Waals surface area contributed by atoms with Crippen LogP contribution in [0.4, 0.5) is 0 Å². The topological polar surface area (TPSA) is 29.5 Å². The van der Waals surface area contributed by atoms with Crippen molar-refractivity contribution in [2.45, 2.75) is 25.9 Å². The van der Waals surface area contributed by atoms with Crippen LogP contribution in [-0.4, -0.2) is 10.7 Å². The maximum atomic E-state index is 9.86. The first kappa shape index (κ1) is 15.6. The molecule has 0 saturated carbocycles. The molecule has 2 aromatic rings. The van der Waals surface area contributed by atoms with Crippen molar-refractivity contribution in [3.63, 3.8) is 0 Å². The summed E-state index contributed by atoms with van der Waals surface area (Å²) >= 11 is 3.45. The fraction of sp³-hybridized carbons (Fsp3) is 0.222. The Morgan fingerprint density at radius 3 is 2.43 bits per heavy atom. The maximum absolute atomic E-state index is 9.86. The first-order valence-electron chi connectivity index (χ1n) is 6.78. The summed E-state index contributed by atoms with van der Waals surface area (Å²) in [4.78, 5) is 0. The normalized spacial score (nSPS) is 13.0. The lowest BCUT2D eigenvalue weighted by molar-refractivity contribution is 0.118. The van der Waals surface area contributed by atoms with Crippen LogP contribution in [0.3, 0.4) is 0 Å². The number of ether oxygens (including phenoxy) is 1. The number of hydrogen-bond donors (Lipinski definition) is 1. The number of para-hydroxylation sites is 1. The lowest BCUT2D eigenvalue weighted by Gasteiger charge is -2.11. The highest BCUT2D eigenvalue weighted by Gasteiger charge is 2.12. The van der Waals surface area contributed by atoms with Crippen LogP contribution < -0.4 is 4.74 Å². The molecule has 2 rings (SSSR count). The quantitative estimate of drug-likeness (QED) is 0.813. The first-order chi connectivity index (χ1) is 10.00. The molecule has 0 saturated heterocycles. The zero-order chi connectivity index (χ0) is 15.3.